The molecule has 0 unspecified atom stereocenters. The van der Waals surface area contributed by atoms with Crippen molar-refractivity contribution in [1.82, 2.24) is 0 Å². The van der Waals surface area contributed by atoms with Crippen LogP contribution in [0.25, 0.3) is 0 Å². The fraction of sp³-hybridized carbons (Fsp3) is 0.0256. The molecule has 0 atom stereocenters. The first kappa shape index (κ1) is 28.5. The Hall–Kier alpha value is -4.65. The van der Waals surface area contributed by atoms with E-state index < -0.39 is 22.2 Å². The zero-order valence-corrected chi connectivity index (χ0v) is 25.8. The first-order valence-electron chi connectivity index (χ1n) is 14.5. The lowest BCUT2D eigenvalue weighted by molar-refractivity contribution is 0.416. The van der Waals surface area contributed by atoms with Gasteiger partial charge in [-0.15, -0.1) is 0 Å². The van der Waals surface area contributed by atoms with E-state index in [-0.39, 0.29) is 11.2 Å². The number of allylic oxidation sites excluding steroid dienone is 1. The predicted molar refractivity (Wildman–Crippen MR) is 182 cm³/mol. The molecule has 43 heavy (non-hydrogen) atoms. The second-order valence-corrected chi connectivity index (χ2v) is 18.5. The van der Waals surface area contributed by atoms with E-state index in [1.54, 1.807) is 0 Å². The van der Waals surface area contributed by atoms with Crippen LogP contribution in [0, 0.1) is 0 Å². The second kappa shape index (κ2) is 12.7. The normalized spacial score (nSPS) is 11.6. The Morgan fingerprint density at radius 2 is 0.581 bits per heavy atom. The molecule has 0 aromatic heterocycles. The Labute approximate surface area is 254 Å². The highest BCUT2D eigenvalue weighted by atomic mass is 28.3. The van der Waals surface area contributed by atoms with Crippen LogP contribution in [-0.4, -0.2) is 16.1 Å². The van der Waals surface area contributed by atoms with E-state index in [1.807, 2.05) is 146 Å². The molecule has 0 fully saturated rings. The Morgan fingerprint density at radius 1 is 0.349 bits per heavy atom. The third kappa shape index (κ3) is 5.24. The molecule has 0 nitrogen and oxygen atoms in total. The number of halogens is 2. The van der Waals surface area contributed by atoms with Crippen molar-refractivity contribution in [2.45, 2.75) is 6.04 Å². The van der Waals surface area contributed by atoms with Crippen molar-refractivity contribution < 1.29 is 8.78 Å². The lowest BCUT2D eigenvalue weighted by Crippen LogP contribution is -2.73. The summed E-state index contributed by atoms with van der Waals surface area (Å²) in [6, 6.07) is 61.3. The van der Waals surface area contributed by atoms with E-state index in [0.29, 0.717) is 0 Å². The largest absolute Gasteiger partial charge is 0.266 e. The van der Waals surface area contributed by atoms with Crippen molar-refractivity contribution in [2.24, 2.45) is 0 Å². The molecule has 4 heteroatoms. The van der Waals surface area contributed by atoms with Gasteiger partial charge in [-0.25, -0.2) is 0 Å². The maximum atomic E-state index is 16.3. The van der Waals surface area contributed by atoms with Gasteiger partial charge in [-0.2, -0.15) is 8.78 Å². The van der Waals surface area contributed by atoms with Gasteiger partial charge in [0.05, 0.1) is 0 Å². The zero-order valence-electron chi connectivity index (χ0n) is 23.8. The highest BCUT2D eigenvalue weighted by molar-refractivity contribution is 7.19. The van der Waals surface area contributed by atoms with Crippen LogP contribution in [0.4, 0.5) is 8.78 Å². The summed E-state index contributed by atoms with van der Waals surface area (Å²) in [5, 5.41) is 6.46. The van der Waals surface area contributed by atoms with E-state index in [2.05, 4.69) is 36.4 Å². The predicted octanol–water partition coefficient (Wildman–Crippen LogP) is 6.02. The molecule has 6 rings (SSSR count). The topological polar surface area (TPSA) is 0 Å². The second-order valence-electron chi connectivity index (χ2n) is 10.8. The molecule has 0 saturated heterocycles. The Bertz CT molecular complexity index is 1580. The van der Waals surface area contributed by atoms with Crippen LogP contribution in [0.5, 0.6) is 0 Å². The van der Waals surface area contributed by atoms with Crippen molar-refractivity contribution in [1.29, 1.82) is 0 Å². The highest BCUT2D eigenvalue weighted by Crippen LogP contribution is 2.30. The number of benzene rings is 6. The molecular weight excluding hydrogens is 563 g/mol. The summed E-state index contributed by atoms with van der Waals surface area (Å²) in [7, 11) is -6.52. The molecular formula is C39H32F2Si2. The van der Waals surface area contributed by atoms with Crippen LogP contribution in [0.3, 0.4) is 0 Å². The SMILES string of the molecule is FC(F)=C(C[Si](c1ccccc1)(c1ccccc1)c1ccccc1)[Si](c1ccccc1)(c1ccccc1)c1ccccc1. The molecule has 0 aliphatic rings. The van der Waals surface area contributed by atoms with Crippen LogP contribution >= 0.6 is 0 Å². The van der Waals surface area contributed by atoms with Gasteiger partial charge in [-0.1, -0.05) is 182 Å². The van der Waals surface area contributed by atoms with Crippen molar-refractivity contribution in [3.8, 4) is 0 Å². The summed E-state index contributed by atoms with van der Waals surface area (Å²) in [6.45, 7) is 0. The molecule has 210 valence electrons. The summed E-state index contributed by atoms with van der Waals surface area (Å²) in [6.07, 6.45) is -1.58. The van der Waals surface area contributed by atoms with Crippen LogP contribution in [0.15, 0.2) is 193 Å². The molecule has 0 radical (unpaired) electrons. The standard InChI is InChI=1S/C39H32F2Si2/c40-39(41)38(43(35-25-13-4-14-26-35,36-27-15-5-16-28-36)37-29-17-6-18-30-37)31-42(32-19-7-1-8-20-32,33-21-9-2-10-22-33)34-23-11-3-12-24-34/h1-30H,31H2. The maximum Gasteiger partial charge on any atom is 0.266 e. The molecule has 0 spiro atoms. The van der Waals surface area contributed by atoms with Crippen LogP contribution in [0.2, 0.25) is 6.04 Å². The van der Waals surface area contributed by atoms with E-state index in [1.165, 1.54) is 0 Å². The van der Waals surface area contributed by atoms with Gasteiger partial charge in [0.15, 0.2) is 16.1 Å². The van der Waals surface area contributed by atoms with Crippen molar-refractivity contribution in [2.75, 3.05) is 0 Å². The van der Waals surface area contributed by atoms with Gasteiger partial charge < -0.3 is 0 Å². The van der Waals surface area contributed by atoms with Crippen LogP contribution < -0.4 is 31.1 Å². The van der Waals surface area contributed by atoms with Gasteiger partial charge in [0, 0.05) is 0 Å². The summed E-state index contributed by atoms with van der Waals surface area (Å²) >= 11 is 0. The lowest BCUT2D eigenvalue weighted by Gasteiger charge is -2.41. The Balaban J connectivity index is 1.75. The average Bonchev–Trinajstić information content (AvgIpc) is 3.09. The average molecular weight is 595 g/mol. The first-order chi connectivity index (χ1) is 21.2. The van der Waals surface area contributed by atoms with Gasteiger partial charge in [0.1, 0.15) is 0 Å². The fourth-order valence-electron chi connectivity index (χ4n) is 6.67. The van der Waals surface area contributed by atoms with Crippen molar-refractivity contribution in [3.05, 3.63) is 193 Å². The third-order valence-corrected chi connectivity index (χ3v) is 18.6. The van der Waals surface area contributed by atoms with E-state index >= 15 is 8.78 Å². The summed E-state index contributed by atoms with van der Waals surface area (Å²) in [5.41, 5.74) is 0. The number of hydrogen-bond donors (Lipinski definition) is 0. The molecule has 0 bridgehead atoms. The minimum Gasteiger partial charge on any atom is -0.174 e. The molecule has 0 N–H and O–H groups in total. The number of rotatable bonds is 9. The molecule has 0 aliphatic heterocycles. The molecule has 0 aliphatic carbocycles. The van der Waals surface area contributed by atoms with Gasteiger partial charge in [-0.05, 0) is 42.4 Å². The molecule has 6 aromatic rings. The third-order valence-electron chi connectivity index (χ3n) is 8.54. The smallest absolute Gasteiger partial charge is 0.174 e. The van der Waals surface area contributed by atoms with Gasteiger partial charge in [0.2, 0.25) is 0 Å². The molecule has 0 saturated carbocycles. The number of hydrogen-bond acceptors (Lipinski definition) is 0. The maximum absolute atomic E-state index is 16.3. The van der Waals surface area contributed by atoms with Crippen LogP contribution in [0.1, 0.15) is 0 Å². The minimum atomic E-state index is -3.46. The molecule has 0 amide bonds. The lowest BCUT2D eigenvalue weighted by atomic mass is 10.3. The quantitative estimate of drug-likeness (QED) is 0.142. The summed E-state index contributed by atoms with van der Waals surface area (Å²) < 4.78 is 32.5. The summed E-state index contributed by atoms with van der Waals surface area (Å²) in [4.78, 5) is 0. The first-order valence-corrected chi connectivity index (χ1v) is 18.8. The Kier molecular flexibility index (Phi) is 8.41. The van der Waals surface area contributed by atoms with Gasteiger partial charge >= 0.3 is 0 Å². The van der Waals surface area contributed by atoms with Gasteiger partial charge in [-0.3, -0.25) is 0 Å². The monoisotopic (exact) mass is 594 g/mol. The minimum absolute atomic E-state index is 0.248. The van der Waals surface area contributed by atoms with Crippen LogP contribution in [-0.2, 0) is 0 Å². The zero-order chi connectivity index (χ0) is 29.5. The molecule has 6 aromatic carbocycles. The van der Waals surface area contributed by atoms with Gasteiger partial charge in [0.25, 0.3) is 6.08 Å². The fourth-order valence-corrected chi connectivity index (χ4v) is 17.5. The van der Waals surface area contributed by atoms with E-state index in [9.17, 15) is 0 Å². The van der Waals surface area contributed by atoms with Crippen molar-refractivity contribution >= 4 is 47.3 Å². The highest BCUT2D eigenvalue weighted by Gasteiger charge is 2.50. The summed E-state index contributed by atoms with van der Waals surface area (Å²) in [5.74, 6) is 0. The van der Waals surface area contributed by atoms with E-state index in [0.717, 1.165) is 31.1 Å². The Morgan fingerprint density at radius 3 is 0.814 bits per heavy atom. The molecule has 0 heterocycles. The van der Waals surface area contributed by atoms with Crippen molar-refractivity contribution in [3.63, 3.8) is 0 Å². The van der Waals surface area contributed by atoms with E-state index in [4.69, 9.17) is 0 Å².